The van der Waals surface area contributed by atoms with Crippen molar-refractivity contribution in [3.63, 3.8) is 0 Å². The zero-order chi connectivity index (χ0) is 10.7. The third kappa shape index (κ3) is 2.85. The van der Waals surface area contributed by atoms with Crippen molar-refractivity contribution in [3.05, 3.63) is 24.0 Å². The Kier molecular flexibility index (Phi) is 3.47. The molecule has 1 aromatic rings. The highest BCUT2D eigenvalue weighted by Gasteiger charge is 2.20. The normalized spacial score (nSPS) is 26.0. The first-order chi connectivity index (χ1) is 7.28. The van der Waals surface area contributed by atoms with Crippen LogP contribution in [0.25, 0.3) is 0 Å². The topological polar surface area (TPSA) is 17.0 Å². The second kappa shape index (κ2) is 4.84. The van der Waals surface area contributed by atoms with Crippen LogP contribution in [-0.4, -0.2) is 10.6 Å². The monoisotopic (exact) mass is 206 g/mol. The molecule has 15 heavy (non-hydrogen) atoms. The van der Waals surface area contributed by atoms with Gasteiger partial charge in [0.1, 0.15) is 0 Å². The van der Waals surface area contributed by atoms with Crippen LogP contribution in [0.4, 0.5) is 0 Å². The molecule has 0 radical (unpaired) electrons. The number of aryl methyl sites for hydroxylation is 1. The standard InChI is InChI=1S/C13H22N2/c1-3-15-7-6-12(10-15)9-14-13-5-4-11(2)8-13/h6-7,10-11,13-14H,3-5,8-9H2,1-2H3. The van der Waals surface area contributed by atoms with E-state index in [-0.39, 0.29) is 0 Å². The maximum absolute atomic E-state index is 3.65. The molecule has 1 aliphatic carbocycles. The lowest BCUT2D eigenvalue weighted by atomic mass is 10.1. The molecule has 0 amide bonds. The number of nitrogens with one attached hydrogen (secondary N) is 1. The van der Waals surface area contributed by atoms with Gasteiger partial charge in [-0.1, -0.05) is 6.92 Å². The van der Waals surface area contributed by atoms with Crippen molar-refractivity contribution >= 4 is 0 Å². The number of hydrogen-bond acceptors (Lipinski definition) is 1. The fourth-order valence-electron chi connectivity index (χ4n) is 2.45. The molecule has 1 saturated carbocycles. The third-order valence-corrected chi connectivity index (χ3v) is 3.47. The van der Waals surface area contributed by atoms with Gasteiger partial charge in [0.25, 0.3) is 0 Å². The molecule has 1 aromatic heterocycles. The fraction of sp³-hybridized carbons (Fsp3) is 0.692. The number of rotatable bonds is 4. The summed E-state index contributed by atoms with van der Waals surface area (Å²) in [5, 5.41) is 3.65. The van der Waals surface area contributed by atoms with Gasteiger partial charge in [-0.05, 0) is 43.7 Å². The maximum Gasteiger partial charge on any atom is 0.0223 e. The minimum absolute atomic E-state index is 0.755. The van der Waals surface area contributed by atoms with Gasteiger partial charge in [-0.25, -0.2) is 0 Å². The van der Waals surface area contributed by atoms with E-state index in [1.807, 2.05) is 0 Å². The van der Waals surface area contributed by atoms with Crippen LogP contribution >= 0.6 is 0 Å². The Morgan fingerprint density at radius 3 is 2.93 bits per heavy atom. The predicted molar refractivity (Wildman–Crippen MR) is 63.7 cm³/mol. The van der Waals surface area contributed by atoms with Crippen LogP contribution in [0.1, 0.15) is 38.7 Å². The van der Waals surface area contributed by atoms with Crippen molar-refractivity contribution in [3.8, 4) is 0 Å². The Morgan fingerprint density at radius 1 is 1.47 bits per heavy atom. The average molecular weight is 206 g/mol. The van der Waals surface area contributed by atoms with E-state index < -0.39 is 0 Å². The first-order valence-corrected chi connectivity index (χ1v) is 6.16. The quantitative estimate of drug-likeness (QED) is 0.801. The molecule has 1 aliphatic rings. The number of nitrogens with zero attached hydrogens (tertiary/aromatic N) is 1. The van der Waals surface area contributed by atoms with E-state index in [4.69, 9.17) is 0 Å². The molecular weight excluding hydrogens is 184 g/mol. The van der Waals surface area contributed by atoms with Crippen molar-refractivity contribution in [2.24, 2.45) is 5.92 Å². The summed E-state index contributed by atoms with van der Waals surface area (Å²) in [7, 11) is 0. The Balaban J connectivity index is 1.77. The summed E-state index contributed by atoms with van der Waals surface area (Å²) in [6.07, 6.45) is 8.51. The van der Waals surface area contributed by atoms with Crippen LogP contribution in [0.15, 0.2) is 18.5 Å². The molecule has 2 heteroatoms. The maximum atomic E-state index is 3.65. The summed E-state index contributed by atoms with van der Waals surface area (Å²) in [6, 6.07) is 2.97. The molecule has 1 N–H and O–H groups in total. The lowest BCUT2D eigenvalue weighted by molar-refractivity contribution is 0.502. The van der Waals surface area contributed by atoms with Crippen molar-refractivity contribution in [1.82, 2.24) is 9.88 Å². The largest absolute Gasteiger partial charge is 0.354 e. The van der Waals surface area contributed by atoms with E-state index >= 15 is 0 Å². The van der Waals surface area contributed by atoms with Crippen molar-refractivity contribution in [1.29, 1.82) is 0 Å². The summed E-state index contributed by atoms with van der Waals surface area (Å²) >= 11 is 0. The molecule has 2 unspecified atom stereocenters. The molecule has 0 aliphatic heterocycles. The minimum atomic E-state index is 0.755. The lowest BCUT2D eigenvalue weighted by Crippen LogP contribution is -2.25. The highest BCUT2D eigenvalue weighted by atomic mass is 15.0. The van der Waals surface area contributed by atoms with Crippen LogP contribution in [0.2, 0.25) is 0 Å². The molecule has 2 nitrogen and oxygen atoms in total. The van der Waals surface area contributed by atoms with Gasteiger partial charge in [-0.2, -0.15) is 0 Å². The van der Waals surface area contributed by atoms with Gasteiger partial charge >= 0.3 is 0 Å². The summed E-state index contributed by atoms with van der Waals surface area (Å²) in [4.78, 5) is 0. The summed E-state index contributed by atoms with van der Waals surface area (Å²) in [5.41, 5.74) is 1.41. The molecule has 2 atom stereocenters. The summed E-state index contributed by atoms with van der Waals surface area (Å²) in [5.74, 6) is 0.919. The lowest BCUT2D eigenvalue weighted by Gasteiger charge is -2.11. The van der Waals surface area contributed by atoms with Crippen LogP contribution in [0.3, 0.4) is 0 Å². The molecular formula is C13H22N2. The van der Waals surface area contributed by atoms with E-state index in [9.17, 15) is 0 Å². The predicted octanol–water partition coefficient (Wildman–Crippen LogP) is 2.79. The average Bonchev–Trinajstić information content (AvgIpc) is 2.83. The van der Waals surface area contributed by atoms with Gasteiger partial charge in [-0.3, -0.25) is 0 Å². The van der Waals surface area contributed by atoms with E-state index in [0.717, 1.165) is 25.0 Å². The van der Waals surface area contributed by atoms with Gasteiger partial charge in [0.2, 0.25) is 0 Å². The van der Waals surface area contributed by atoms with E-state index in [1.165, 1.54) is 24.8 Å². The smallest absolute Gasteiger partial charge is 0.0223 e. The Morgan fingerprint density at radius 2 is 2.33 bits per heavy atom. The first-order valence-electron chi connectivity index (χ1n) is 6.16. The molecule has 2 rings (SSSR count). The first kappa shape index (κ1) is 10.7. The van der Waals surface area contributed by atoms with Crippen LogP contribution in [-0.2, 0) is 13.1 Å². The zero-order valence-electron chi connectivity index (χ0n) is 9.87. The van der Waals surface area contributed by atoms with E-state index in [1.54, 1.807) is 0 Å². The molecule has 0 saturated heterocycles. The molecule has 1 fully saturated rings. The van der Waals surface area contributed by atoms with E-state index in [0.29, 0.717) is 0 Å². The Hall–Kier alpha value is -0.760. The molecule has 84 valence electrons. The van der Waals surface area contributed by atoms with Crippen molar-refractivity contribution in [2.75, 3.05) is 0 Å². The number of aromatic nitrogens is 1. The number of hydrogen-bond donors (Lipinski definition) is 1. The zero-order valence-corrected chi connectivity index (χ0v) is 9.87. The molecule has 1 heterocycles. The summed E-state index contributed by atoms with van der Waals surface area (Å²) in [6.45, 7) is 6.63. The second-order valence-electron chi connectivity index (χ2n) is 4.85. The molecule has 0 bridgehead atoms. The van der Waals surface area contributed by atoms with Crippen LogP contribution < -0.4 is 5.32 Å². The third-order valence-electron chi connectivity index (χ3n) is 3.47. The summed E-state index contributed by atoms with van der Waals surface area (Å²) < 4.78 is 2.23. The molecule has 0 aromatic carbocycles. The second-order valence-corrected chi connectivity index (χ2v) is 4.85. The highest BCUT2D eigenvalue weighted by Crippen LogP contribution is 2.24. The Bertz CT molecular complexity index is 303. The van der Waals surface area contributed by atoms with Crippen molar-refractivity contribution in [2.45, 2.75) is 52.2 Å². The van der Waals surface area contributed by atoms with E-state index in [2.05, 4.69) is 42.2 Å². The van der Waals surface area contributed by atoms with Gasteiger partial charge in [-0.15, -0.1) is 0 Å². The molecule has 0 spiro atoms. The fourth-order valence-corrected chi connectivity index (χ4v) is 2.45. The van der Waals surface area contributed by atoms with Crippen LogP contribution in [0.5, 0.6) is 0 Å². The van der Waals surface area contributed by atoms with Gasteiger partial charge < -0.3 is 9.88 Å². The van der Waals surface area contributed by atoms with Crippen molar-refractivity contribution < 1.29 is 0 Å². The van der Waals surface area contributed by atoms with Gasteiger partial charge in [0.05, 0.1) is 0 Å². The SMILES string of the molecule is CCn1ccc(CNC2CCC(C)C2)c1. The van der Waals surface area contributed by atoms with Crippen LogP contribution in [0, 0.1) is 5.92 Å². The van der Waals surface area contributed by atoms with Gasteiger partial charge in [0, 0.05) is 31.5 Å². The Labute approximate surface area is 92.7 Å². The highest BCUT2D eigenvalue weighted by molar-refractivity contribution is 5.10. The minimum Gasteiger partial charge on any atom is -0.354 e. The van der Waals surface area contributed by atoms with Gasteiger partial charge in [0.15, 0.2) is 0 Å².